The van der Waals surface area contributed by atoms with E-state index in [1.165, 1.54) is 12.1 Å². The van der Waals surface area contributed by atoms with Crippen LogP contribution < -0.4 is 0 Å². The highest BCUT2D eigenvalue weighted by molar-refractivity contribution is 9.18. The average molecular weight is 405 g/mol. The highest BCUT2D eigenvalue weighted by Crippen LogP contribution is 2.35. The van der Waals surface area contributed by atoms with Crippen molar-refractivity contribution in [3.05, 3.63) is 35.4 Å². The van der Waals surface area contributed by atoms with Gasteiger partial charge in [-0.1, -0.05) is 17.3 Å². The molecule has 3 atom stereocenters. The van der Waals surface area contributed by atoms with Gasteiger partial charge in [0.15, 0.2) is 0 Å². The molecule has 0 saturated carbocycles. The molecule has 132 valence electrons. The molecule has 3 nitrogen and oxygen atoms in total. The first-order chi connectivity index (χ1) is 11.3. The van der Waals surface area contributed by atoms with Crippen LogP contribution in [0.1, 0.15) is 43.4 Å². The van der Waals surface area contributed by atoms with Crippen LogP contribution in [0.15, 0.2) is 29.4 Å². The molecule has 1 unspecified atom stereocenters. The van der Waals surface area contributed by atoms with Gasteiger partial charge in [0, 0.05) is 24.9 Å². The van der Waals surface area contributed by atoms with E-state index in [4.69, 9.17) is 4.84 Å². The zero-order chi connectivity index (χ0) is 17.3. The predicted octanol–water partition coefficient (Wildman–Crippen LogP) is 4.98. The van der Waals surface area contributed by atoms with Crippen molar-refractivity contribution in [1.29, 1.82) is 0 Å². The zero-order valence-electron chi connectivity index (χ0n) is 13.4. The van der Waals surface area contributed by atoms with E-state index in [1.807, 2.05) is 6.92 Å². The van der Waals surface area contributed by atoms with Gasteiger partial charge >= 0.3 is 6.18 Å². The van der Waals surface area contributed by atoms with Gasteiger partial charge in [-0.2, -0.15) is 13.2 Å². The Balaban J connectivity index is 1.69. The summed E-state index contributed by atoms with van der Waals surface area (Å²) in [5.74, 6) is 0.353. The van der Waals surface area contributed by atoms with E-state index in [0.717, 1.165) is 43.0 Å². The lowest BCUT2D eigenvalue weighted by Gasteiger charge is -2.38. The highest BCUT2D eigenvalue weighted by Gasteiger charge is 2.35. The maximum atomic E-state index is 12.9. The van der Waals surface area contributed by atoms with Gasteiger partial charge in [-0.25, -0.2) is 0 Å². The molecule has 1 aromatic rings. The number of hydrogen-bond donors (Lipinski definition) is 0. The van der Waals surface area contributed by atoms with Gasteiger partial charge in [0.25, 0.3) is 0 Å². The second-order valence-corrected chi connectivity index (χ2v) is 7.43. The standard InChI is InChI=1S/C17H20BrF3N2O/c1-11(12-4-2-6-14(8-12)17(19,20)21)23-7-3-5-13(10-23)15-9-16(18)22-24-15/h2,4,6,8,11,13,15H,3,5,7,9-10H2,1H3/t11?,13-,15+/m1/s1. The molecule has 0 aliphatic carbocycles. The first-order valence-corrected chi connectivity index (χ1v) is 8.93. The Morgan fingerprint density at radius 1 is 1.38 bits per heavy atom. The highest BCUT2D eigenvalue weighted by atomic mass is 79.9. The minimum absolute atomic E-state index is 0.0548. The van der Waals surface area contributed by atoms with E-state index >= 15 is 0 Å². The molecule has 1 aromatic carbocycles. The first kappa shape index (κ1) is 17.7. The Bertz CT molecular complexity index is 620. The van der Waals surface area contributed by atoms with Gasteiger partial charge < -0.3 is 4.84 Å². The summed E-state index contributed by atoms with van der Waals surface area (Å²) in [4.78, 5) is 7.72. The third-order valence-electron chi connectivity index (χ3n) is 4.92. The summed E-state index contributed by atoms with van der Waals surface area (Å²) in [5, 5.41) is 3.95. The molecule has 2 heterocycles. The SMILES string of the molecule is CC(c1cccc(C(F)(F)F)c1)N1CCC[C@@H]([C@@H]2CC(Br)=NO2)C1. The number of alkyl halides is 3. The summed E-state index contributed by atoms with van der Waals surface area (Å²) < 4.78 is 39.6. The lowest BCUT2D eigenvalue weighted by atomic mass is 9.89. The number of halogens is 4. The van der Waals surface area contributed by atoms with Gasteiger partial charge in [0.1, 0.15) is 10.7 Å². The van der Waals surface area contributed by atoms with Crippen molar-refractivity contribution in [2.75, 3.05) is 13.1 Å². The van der Waals surface area contributed by atoms with Crippen molar-refractivity contribution in [2.24, 2.45) is 11.1 Å². The van der Waals surface area contributed by atoms with Crippen LogP contribution in [0.5, 0.6) is 0 Å². The maximum absolute atomic E-state index is 12.9. The maximum Gasteiger partial charge on any atom is 0.416 e. The molecule has 0 spiro atoms. The molecule has 0 aromatic heterocycles. The van der Waals surface area contributed by atoms with Crippen LogP contribution >= 0.6 is 15.9 Å². The normalized spacial score (nSPS) is 26.8. The molecule has 1 fully saturated rings. The van der Waals surface area contributed by atoms with E-state index in [1.54, 1.807) is 6.07 Å². The van der Waals surface area contributed by atoms with Crippen LogP contribution in [-0.2, 0) is 11.0 Å². The van der Waals surface area contributed by atoms with Gasteiger partial charge in [-0.05, 0) is 59.9 Å². The van der Waals surface area contributed by atoms with Crippen LogP contribution in [0.25, 0.3) is 0 Å². The van der Waals surface area contributed by atoms with E-state index < -0.39 is 11.7 Å². The zero-order valence-corrected chi connectivity index (χ0v) is 15.0. The summed E-state index contributed by atoms with van der Waals surface area (Å²) in [6.07, 6.45) is -1.38. The van der Waals surface area contributed by atoms with Crippen molar-refractivity contribution in [3.8, 4) is 0 Å². The smallest absolute Gasteiger partial charge is 0.391 e. The molecule has 24 heavy (non-hydrogen) atoms. The fraction of sp³-hybridized carbons (Fsp3) is 0.588. The summed E-state index contributed by atoms with van der Waals surface area (Å²) in [6, 6.07) is 5.59. The summed E-state index contributed by atoms with van der Waals surface area (Å²) >= 11 is 3.36. The van der Waals surface area contributed by atoms with E-state index in [9.17, 15) is 13.2 Å². The molecular formula is C17H20BrF3N2O. The van der Waals surface area contributed by atoms with Crippen molar-refractivity contribution in [3.63, 3.8) is 0 Å². The number of rotatable bonds is 3. The van der Waals surface area contributed by atoms with E-state index in [2.05, 4.69) is 26.0 Å². The summed E-state index contributed by atoms with van der Waals surface area (Å²) in [5.41, 5.74) is 0.118. The third kappa shape index (κ3) is 3.94. The molecule has 2 aliphatic rings. The number of oxime groups is 1. The van der Waals surface area contributed by atoms with Gasteiger partial charge in [0.05, 0.1) is 5.56 Å². The number of hydrogen-bond acceptors (Lipinski definition) is 3. The van der Waals surface area contributed by atoms with Crippen molar-refractivity contribution >= 4 is 20.6 Å². The molecule has 7 heteroatoms. The Hall–Kier alpha value is -1.08. The van der Waals surface area contributed by atoms with E-state index in [-0.39, 0.29) is 12.1 Å². The first-order valence-electron chi connectivity index (χ1n) is 8.14. The third-order valence-corrected chi connectivity index (χ3v) is 5.38. The molecular weight excluding hydrogens is 385 g/mol. The molecule has 3 rings (SSSR count). The Labute approximate surface area is 148 Å². The molecule has 1 saturated heterocycles. The lowest BCUT2D eigenvalue weighted by molar-refractivity contribution is -0.137. The molecule has 2 aliphatic heterocycles. The Morgan fingerprint density at radius 3 is 2.83 bits per heavy atom. The summed E-state index contributed by atoms with van der Waals surface area (Å²) in [6.45, 7) is 3.68. The monoisotopic (exact) mass is 404 g/mol. The second kappa shape index (κ2) is 7.04. The van der Waals surface area contributed by atoms with Crippen molar-refractivity contribution in [1.82, 2.24) is 4.90 Å². The van der Waals surface area contributed by atoms with Crippen LogP contribution in [-0.4, -0.2) is 28.7 Å². The second-order valence-electron chi connectivity index (χ2n) is 6.51. The predicted molar refractivity (Wildman–Crippen MR) is 90.0 cm³/mol. The van der Waals surface area contributed by atoms with Crippen LogP contribution in [0.4, 0.5) is 13.2 Å². The largest absolute Gasteiger partial charge is 0.416 e. The van der Waals surface area contributed by atoms with Crippen molar-refractivity contribution < 1.29 is 18.0 Å². The van der Waals surface area contributed by atoms with Gasteiger partial charge in [-0.15, -0.1) is 0 Å². The van der Waals surface area contributed by atoms with Gasteiger partial charge in [-0.3, -0.25) is 4.90 Å². The number of benzene rings is 1. The fourth-order valence-corrected chi connectivity index (χ4v) is 3.90. The van der Waals surface area contributed by atoms with E-state index in [0.29, 0.717) is 11.5 Å². The average Bonchev–Trinajstić information content (AvgIpc) is 3.00. The van der Waals surface area contributed by atoms with Gasteiger partial charge in [0.2, 0.25) is 0 Å². The summed E-state index contributed by atoms with van der Waals surface area (Å²) in [7, 11) is 0. The fourth-order valence-electron chi connectivity index (χ4n) is 3.50. The van der Waals surface area contributed by atoms with Crippen molar-refractivity contribution in [2.45, 2.75) is 44.5 Å². The minimum Gasteiger partial charge on any atom is -0.391 e. The molecule has 0 radical (unpaired) electrons. The Morgan fingerprint density at radius 2 is 2.17 bits per heavy atom. The lowest BCUT2D eigenvalue weighted by Crippen LogP contribution is -2.41. The topological polar surface area (TPSA) is 24.8 Å². The van der Waals surface area contributed by atoms with Crippen LogP contribution in [0.2, 0.25) is 0 Å². The molecule has 0 bridgehead atoms. The number of nitrogens with zero attached hydrogens (tertiary/aromatic N) is 2. The van der Waals surface area contributed by atoms with Crippen LogP contribution in [0, 0.1) is 5.92 Å². The number of piperidine rings is 1. The minimum atomic E-state index is -4.30. The Kier molecular flexibility index (Phi) is 5.20. The van der Waals surface area contributed by atoms with Crippen LogP contribution in [0.3, 0.4) is 0 Å². The molecule has 0 amide bonds. The number of likely N-dealkylation sites (tertiary alicyclic amines) is 1. The quantitative estimate of drug-likeness (QED) is 0.709. The molecule has 0 N–H and O–H groups in total.